The minimum atomic E-state index is -0.714. The van der Waals surface area contributed by atoms with Crippen LogP contribution in [0.3, 0.4) is 0 Å². The van der Waals surface area contributed by atoms with Gasteiger partial charge in [0.15, 0.2) is 6.61 Å². The number of carbonyl (C=O) groups is 2. The minimum absolute atomic E-state index is 0.00690. The summed E-state index contributed by atoms with van der Waals surface area (Å²) in [5.41, 5.74) is 0.641. The van der Waals surface area contributed by atoms with Crippen LogP contribution >= 0.6 is 11.3 Å². The van der Waals surface area contributed by atoms with E-state index in [0.29, 0.717) is 16.2 Å². The van der Waals surface area contributed by atoms with Crippen molar-refractivity contribution in [1.82, 2.24) is 0 Å². The number of aryl methyl sites for hydroxylation is 1. The molecule has 2 aromatic heterocycles. The molecule has 0 atom stereocenters. The lowest BCUT2D eigenvalue weighted by atomic mass is 10.2. The lowest BCUT2D eigenvalue weighted by Crippen LogP contribution is -2.12. The molecule has 0 bridgehead atoms. The van der Waals surface area contributed by atoms with Gasteiger partial charge in [0.1, 0.15) is 11.6 Å². The largest absolute Gasteiger partial charge is 0.451 e. The Morgan fingerprint density at radius 3 is 2.52 bits per heavy atom. The van der Waals surface area contributed by atoms with E-state index in [-0.39, 0.29) is 24.0 Å². The zero-order valence-electron chi connectivity index (χ0n) is 13.5. The molecule has 4 nitrogen and oxygen atoms in total. The van der Waals surface area contributed by atoms with Crippen LogP contribution in [0.4, 0.5) is 4.39 Å². The fourth-order valence-electron chi connectivity index (χ4n) is 2.21. The highest BCUT2D eigenvalue weighted by atomic mass is 32.1. The van der Waals surface area contributed by atoms with Crippen molar-refractivity contribution in [1.29, 1.82) is 0 Å². The number of halogens is 1. The number of furan rings is 1. The molecular weight excluding hydrogens is 343 g/mol. The van der Waals surface area contributed by atoms with Crippen molar-refractivity contribution < 1.29 is 23.1 Å². The van der Waals surface area contributed by atoms with E-state index >= 15 is 0 Å². The maximum absolute atomic E-state index is 12.9. The maximum atomic E-state index is 12.9. The third kappa shape index (κ3) is 4.03. The van der Waals surface area contributed by atoms with E-state index in [2.05, 4.69) is 0 Å². The van der Waals surface area contributed by atoms with Crippen LogP contribution in [0.25, 0.3) is 11.3 Å². The second-order valence-corrected chi connectivity index (χ2v) is 6.46. The van der Waals surface area contributed by atoms with Crippen LogP contribution in [-0.2, 0) is 11.2 Å². The molecule has 0 N–H and O–H groups in total. The fraction of sp³-hybridized carbons (Fsp3) is 0.158. The number of esters is 1. The molecule has 3 rings (SSSR count). The molecule has 0 fully saturated rings. The van der Waals surface area contributed by atoms with Crippen LogP contribution < -0.4 is 0 Å². The number of ether oxygens (including phenoxy) is 1. The molecule has 0 unspecified atom stereocenters. The number of benzene rings is 1. The number of thiophene rings is 1. The highest BCUT2D eigenvalue weighted by molar-refractivity contribution is 7.14. The van der Waals surface area contributed by atoms with Crippen LogP contribution in [-0.4, -0.2) is 18.4 Å². The van der Waals surface area contributed by atoms with Gasteiger partial charge < -0.3 is 9.15 Å². The summed E-state index contributed by atoms with van der Waals surface area (Å²) >= 11 is 1.40. The van der Waals surface area contributed by atoms with Gasteiger partial charge in [0, 0.05) is 10.4 Å². The lowest BCUT2D eigenvalue weighted by molar-refractivity contribution is 0.0446. The zero-order chi connectivity index (χ0) is 17.8. The van der Waals surface area contributed by atoms with E-state index < -0.39 is 5.97 Å². The van der Waals surface area contributed by atoms with E-state index in [4.69, 9.17) is 9.15 Å². The Bertz CT molecular complexity index is 892. The molecule has 0 aliphatic heterocycles. The van der Waals surface area contributed by atoms with Crippen molar-refractivity contribution in [2.24, 2.45) is 0 Å². The van der Waals surface area contributed by atoms with Crippen molar-refractivity contribution >= 4 is 23.1 Å². The first-order valence-corrected chi connectivity index (χ1v) is 8.53. The molecule has 0 saturated carbocycles. The van der Waals surface area contributed by atoms with Gasteiger partial charge in [-0.2, -0.15) is 0 Å². The van der Waals surface area contributed by atoms with Crippen LogP contribution in [0.2, 0.25) is 0 Å². The monoisotopic (exact) mass is 358 g/mol. The third-order valence-electron chi connectivity index (χ3n) is 3.56. The SMILES string of the molecule is CCc1ccc(C(=O)COC(=O)c2ccc(-c3ccc(F)cc3)o2)s1. The van der Waals surface area contributed by atoms with Gasteiger partial charge in [-0.15, -0.1) is 11.3 Å². The quantitative estimate of drug-likeness (QED) is 0.471. The topological polar surface area (TPSA) is 56.5 Å². The second-order valence-electron chi connectivity index (χ2n) is 5.29. The Kier molecular flexibility index (Phi) is 5.09. The van der Waals surface area contributed by atoms with Gasteiger partial charge in [-0.1, -0.05) is 6.92 Å². The standard InChI is InChI=1S/C19H15FO4S/c1-2-14-7-10-18(25-14)15(21)11-23-19(22)17-9-8-16(24-17)12-3-5-13(20)6-4-12/h3-10H,2,11H2,1H3. The molecule has 0 spiro atoms. The normalized spacial score (nSPS) is 10.6. The van der Waals surface area contributed by atoms with Crippen LogP contribution in [0.1, 0.15) is 32.0 Å². The molecule has 25 heavy (non-hydrogen) atoms. The summed E-state index contributed by atoms with van der Waals surface area (Å²) in [5, 5.41) is 0. The van der Waals surface area contributed by atoms with Gasteiger partial charge in [0.05, 0.1) is 4.88 Å². The maximum Gasteiger partial charge on any atom is 0.374 e. The Balaban J connectivity index is 1.62. The van der Waals surface area contributed by atoms with Gasteiger partial charge >= 0.3 is 5.97 Å². The van der Waals surface area contributed by atoms with Gasteiger partial charge in [-0.25, -0.2) is 9.18 Å². The smallest absolute Gasteiger partial charge is 0.374 e. The van der Waals surface area contributed by atoms with Gasteiger partial charge in [0.25, 0.3) is 0 Å². The molecule has 0 aliphatic carbocycles. The van der Waals surface area contributed by atoms with Gasteiger partial charge in [-0.05, 0) is 55.0 Å². The number of Topliss-reactive ketones (excluding diaryl/α,β-unsaturated/α-hetero) is 1. The number of ketones is 1. The molecule has 2 heterocycles. The molecule has 0 saturated heterocycles. The van der Waals surface area contributed by atoms with E-state index in [1.807, 2.05) is 13.0 Å². The summed E-state index contributed by atoms with van der Waals surface area (Å²) in [6.07, 6.45) is 0.857. The van der Waals surface area contributed by atoms with Crippen LogP contribution in [0.15, 0.2) is 52.9 Å². The Labute approximate surface area is 147 Å². The van der Waals surface area contributed by atoms with Crippen LogP contribution in [0.5, 0.6) is 0 Å². The summed E-state index contributed by atoms with van der Waals surface area (Å²) in [7, 11) is 0. The first-order chi connectivity index (χ1) is 12.1. The molecule has 0 radical (unpaired) electrons. The average Bonchev–Trinajstić information content (AvgIpc) is 3.29. The van der Waals surface area contributed by atoms with Crippen LogP contribution in [0, 0.1) is 5.82 Å². The molecule has 128 valence electrons. The molecule has 0 amide bonds. The first-order valence-electron chi connectivity index (χ1n) is 7.71. The molecule has 6 heteroatoms. The Morgan fingerprint density at radius 1 is 1.08 bits per heavy atom. The number of hydrogen-bond donors (Lipinski definition) is 0. The number of carbonyl (C=O) groups excluding carboxylic acids is 2. The molecule has 0 aliphatic rings. The highest BCUT2D eigenvalue weighted by Crippen LogP contribution is 2.23. The van der Waals surface area contributed by atoms with Crippen molar-refractivity contribution in [3.05, 3.63) is 69.9 Å². The van der Waals surface area contributed by atoms with Gasteiger partial charge in [-0.3, -0.25) is 4.79 Å². The average molecular weight is 358 g/mol. The number of hydrogen-bond acceptors (Lipinski definition) is 5. The van der Waals surface area contributed by atoms with Crippen molar-refractivity contribution in [2.45, 2.75) is 13.3 Å². The van der Waals surface area contributed by atoms with E-state index in [1.54, 1.807) is 24.3 Å². The third-order valence-corrected chi connectivity index (χ3v) is 4.83. The minimum Gasteiger partial charge on any atom is -0.451 e. The van der Waals surface area contributed by atoms with Crippen molar-refractivity contribution in [3.63, 3.8) is 0 Å². The van der Waals surface area contributed by atoms with Crippen molar-refractivity contribution in [3.8, 4) is 11.3 Å². The summed E-state index contributed by atoms with van der Waals surface area (Å²) in [6.45, 7) is 1.67. The summed E-state index contributed by atoms with van der Waals surface area (Å²) in [4.78, 5) is 25.7. The molecule has 1 aromatic carbocycles. The predicted octanol–water partition coefficient (Wildman–Crippen LogP) is 4.75. The predicted molar refractivity (Wildman–Crippen MR) is 92.4 cm³/mol. The van der Waals surface area contributed by atoms with E-state index in [1.165, 1.54) is 29.5 Å². The fourth-order valence-corrected chi connectivity index (χ4v) is 3.08. The lowest BCUT2D eigenvalue weighted by Gasteiger charge is -2.01. The van der Waals surface area contributed by atoms with Gasteiger partial charge in [0.2, 0.25) is 11.5 Å². The van der Waals surface area contributed by atoms with E-state index in [0.717, 1.165) is 11.3 Å². The highest BCUT2D eigenvalue weighted by Gasteiger charge is 2.17. The first kappa shape index (κ1) is 17.1. The molecular formula is C19H15FO4S. The zero-order valence-corrected chi connectivity index (χ0v) is 14.3. The summed E-state index contributed by atoms with van der Waals surface area (Å²) < 4.78 is 23.4. The molecule has 3 aromatic rings. The Morgan fingerprint density at radius 2 is 1.84 bits per heavy atom. The second kappa shape index (κ2) is 7.44. The number of rotatable bonds is 6. The summed E-state index contributed by atoms with van der Waals surface area (Å²) in [5.74, 6) is -0.901. The Hall–Kier alpha value is -2.73. The van der Waals surface area contributed by atoms with E-state index in [9.17, 15) is 14.0 Å². The van der Waals surface area contributed by atoms with Crippen molar-refractivity contribution in [2.75, 3.05) is 6.61 Å². The summed E-state index contributed by atoms with van der Waals surface area (Å²) in [6, 6.07) is 12.4.